The zero-order valence-electron chi connectivity index (χ0n) is 14.1. The highest BCUT2D eigenvalue weighted by atomic mass is 127. The van der Waals surface area contributed by atoms with Gasteiger partial charge in [0, 0.05) is 4.47 Å². The quantitative estimate of drug-likeness (QED) is 0.166. The van der Waals surface area contributed by atoms with Gasteiger partial charge in [0.1, 0.15) is 12.4 Å². The molecule has 0 saturated carbocycles. The Bertz CT molecular complexity index is 986. The van der Waals surface area contributed by atoms with Crippen LogP contribution in [0.4, 0.5) is 0 Å². The van der Waals surface area contributed by atoms with Crippen molar-refractivity contribution in [3.05, 3.63) is 95.0 Å². The molecule has 0 bridgehead atoms. The summed E-state index contributed by atoms with van der Waals surface area (Å²) in [6.45, 7) is 0.532. The van der Waals surface area contributed by atoms with Gasteiger partial charge in [-0.15, -0.1) is 0 Å². The summed E-state index contributed by atoms with van der Waals surface area (Å²) in [5, 5.41) is 9.56. The monoisotopic (exact) mass is 641 g/mol. The number of allylic oxidation sites excluding steroid dienone is 1. The molecule has 0 unspecified atom stereocenters. The molecule has 0 saturated heterocycles. The number of ether oxygens (including phenoxy) is 1. The van der Waals surface area contributed by atoms with E-state index in [0.717, 1.165) is 34.1 Å². The zero-order valence-corrected chi connectivity index (χ0v) is 20.0. The van der Waals surface area contributed by atoms with Gasteiger partial charge >= 0.3 is 0 Å². The number of hydrogen-bond acceptors (Lipinski definition) is 2. The van der Waals surface area contributed by atoms with Gasteiger partial charge in [-0.05, 0) is 92.2 Å². The fraction of sp³-hybridized carbons (Fsp3) is 0.0455. The molecule has 27 heavy (non-hydrogen) atoms. The molecule has 0 aliphatic rings. The van der Waals surface area contributed by atoms with Crippen LogP contribution in [0.3, 0.4) is 0 Å². The highest BCUT2D eigenvalue weighted by Crippen LogP contribution is 2.31. The molecule has 0 radical (unpaired) electrons. The van der Waals surface area contributed by atoms with Gasteiger partial charge < -0.3 is 4.74 Å². The first-order valence-corrected chi connectivity index (χ1v) is 11.1. The second kappa shape index (κ2) is 9.71. The molecule has 2 nitrogen and oxygen atoms in total. The Morgan fingerprint density at radius 2 is 1.63 bits per heavy atom. The number of hydrogen-bond donors (Lipinski definition) is 0. The van der Waals surface area contributed by atoms with E-state index in [0.29, 0.717) is 12.2 Å². The molecule has 0 aliphatic heterocycles. The summed E-state index contributed by atoms with van der Waals surface area (Å²) in [6, 6.07) is 24.2. The van der Waals surface area contributed by atoms with Crippen LogP contribution in [-0.4, -0.2) is 0 Å². The Labute approximate surface area is 194 Å². The Kier molecular flexibility index (Phi) is 7.33. The van der Waals surface area contributed by atoms with Crippen LogP contribution in [0.1, 0.15) is 16.7 Å². The fourth-order valence-electron chi connectivity index (χ4n) is 2.51. The second-order valence-electron chi connectivity index (χ2n) is 5.76. The lowest BCUT2D eigenvalue weighted by Crippen LogP contribution is -1.99. The Morgan fingerprint density at radius 3 is 2.22 bits per heavy atom. The first kappa shape index (κ1) is 20.4. The van der Waals surface area contributed by atoms with E-state index in [1.807, 2.05) is 72.8 Å². The van der Waals surface area contributed by atoms with E-state index in [4.69, 9.17) is 4.74 Å². The van der Waals surface area contributed by atoms with Crippen LogP contribution in [0.5, 0.6) is 5.75 Å². The summed E-state index contributed by atoms with van der Waals surface area (Å²) in [7, 11) is 0. The molecule has 0 atom stereocenters. The van der Waals surface area contributed by atoms with Crippen molar-refractivity contribution in [2.24, 2.45) is 0 Å². The van der Waals surface area contributed by atoms with Gasteiger partial charge in [-0.1, -0.05) is 58.4 Å². The summed E-state index contributed by atoms with van der Waals surface area (Å²) in [5.74, 6) is 0.874. The van der Waals surface area contributed by atoms with Crippen LogP contribution in [0.25, 0.3) is 11.6 Å². The van der Waals surface area contributed by atoms with Crippen molar-refractivity contribution in [3.63, 3.8) is 0 Å². The van der Waals surface area contributed by atoms with Crippen LogP contribution in [0.2, 0.25) is 0 Å². The molecule has 0 fully saturated rings. The van der Waals surface area contributed by atoms with Crippen LogP contribution < -0.4 is 4.74 Å². The van der Waals surface area contributed by atoms with Gasteiger partial charge in [-0.25, -0.2) is 0 Å². The third kappa shape index (κ3) is 5.56. The van der Waals surface area contributed by atoms with E-state index >= 15 is 0 Å². The number of nitrogens with zero attached hydrogens (tertiary/aromatic N) is 1. The highest BCUT2D eigenvalue weighted by molar-refractivity contribution is 14.1. The molecule has 0 amide bonds. The van der Waals surface area contributed by atoms with Crippen molar-refractivity contribution in [3.8, 4) is 11.8 Å². The smallest absolute Gasteiger partial charge is 0.146 e. The lowest BCUT2D eigenvalue weighted by atomic mass is 10.0. The molecule has 5 heteroatoms. The molecule has 3 aromatic carbocycles. The van der Waals surface area contributed by atoms with Crippen molar-refractivity contribution < 1.29 is 4.74 Å². The van der Waals surface area contributed by atoms with E-state index in [1.165, 1.54) is 0 Å². The minimum atomic E-state index is 0.532. The van der Waals surface area contributed by atoms with E-state index in [-0.39, 0.29) is 0 Å². The second-order valence-corrected chi connectivity index (χ2v) is 9.00. The first-order chi connectivity index (χ1) is 13.1. The van der Waals surface area contributed by atoms with Gasteiger partial charge in [0.05, 0.1) is 18.8 Å². The number of halogens is 3. The zero-order chi connectivity index (χ0) is 19.2. The molecule has 0 aromatic heterocycles. The summed E-state index contributed by atoms with van der Waals surface area (Å²) in [4.78, 5) is 0. The molecule has 0 N–H and O–H groups in total. The van der Waals surface area contributed by atoms with Crippen molar-refractivity contribution in [1.29, 1.82) is 5.26 Å². The topological polar surface area (TPSA) is 33.0 Å². The maximum Gasteiger partial charge on any atom is 0.146 e. The van der Waals surface area contributed by atoms with Gasteiger partial charge in [-0.2, -0.15) is 5.26 Å². The van der Waals surface area contributed by atoms with Crippen molar-refractivity contribution in [2.45, 2.75) is 6.61 Å². The van der Waals surface area contributed by atoms with Crippen LogP contribution in [0, 0.1) is 18.5 Å². The minimum Gasteiger partial charge on any atom is -0.487 e. The standard InChI is InChI=1S/C22H14BrI2NO/c23-19-8-6-17(7-9-19)18(13-26)10-16-11-20(24)22(21(25)12-16)27-14-15-4-2-1-3-5-15/h1-12H,14H2/b18-10-. The average Bonchev–Trinajstić information content (AvgIpc) is 2.67. The van der Waals surface area contributed by atoms with E-state index < -0.39 is 0 Å². The number of nitriles is 1. The molecular weight excluding hydrogens is 628 g/mol. The molecule has 134 valence electrons. The van der Waals surface area contributed by atoms with Crippen LogP contribution in [-0.2, 0) is 6.61 Å². The number of benzene rings is 3. The predicted molar refractivity (Wildman–Crippen MR) is 130 cm³/mol. The molecular formula is C22H14BrI2NO. The third-order valence-corrected chi connectivity index (χ3v) is 5.96. The van der Waals surface area contributed by atoms with Gasteiger partial charge in [0.2, 0.25) is 0 Å². The highest BCUT2D eigenvalue weighted by Gasteiger charge is 2.10. The molecule has 3 aromatic rings. The molecule has 3 rings (SSSR count). The molecule has 0 aliphatic carbocycles. The molecule has 0 heterocycles. The van der Waals surface area contributed by atoms with E-state index in [9.17, 15) is 5.26 Å². The van der Waals surface area contributed by atoms with Crippen LogP contribution >= 0.6 is 61.1 Å². The van der Waals surface area contributed by atoms with Crippen molar-refractivity contribution >= 4 is 72.8 Å². The van der Waals surface area contributed by atoms with Crippen molar-refractivity contribution in [2.75, 3.05) is 0 Å². The van der Waals surface area contributed by atoms with E-state index in [1.54, 1.807) is 0 Å². The van der Waals surface area contributed by atoms with Gasteiger partial charge in [0.15, 0.2) is 0 Å². The van der Waals surface area contributed by atoms with Gasteiger partial charge in [0.25, 0.3) is 0 Å². The Morgan fingerprint density at radius 1 is 1.00 bits per heavy atom. The van der Waals surface area contributed by atoms with Crippen LogP contribution in [0.15, 0.2) is 71.2 Å². The van der Waals surface area contributed by atoms with E-state index in [2.05, 4.69) is 67.2 Å². The predicted octanol–water partition coefficient (Wildman–Crippen LogP) is 7.30. The Hall–Kier alpha value is -1.37. The Balaban J connectivity index is 1.85. The normalized spacial score (nSPS) is 11.1. The minimum absolute atomic E-state index is 0.532. The maximum atomic E-state index is 9.56. The SMILES string of the molecule is N#C/C(=C/c1cc(I)c(OCc2ccccc2)c(I)c1)c1ccc(Br)cc1. The summed E-state index contributed by atoms with van der Waals surface area (Å²) in [5.41, 5.74) is 3.65. The molecule has 0 spiro atoms. The largest absolute Gasteiger partial charge is 0.487 e. The van der Waals surface area contributed by atoms with Gasteiger partial charge in [-0.3, -0.25) is 0 Å². The lowest BCUT2D eigenvalue weighted by molar-refractivity contribution is 0.302. The summed E-state index contributed by atoms with van der Waals surface area (Å²) < 4.78 is 9.07. The maximum absolute atomic E-state index is 9.56. The summed E-state index contributed by atoms with van der Waals surface area (Å²) in [6.07, 6.45) is 1.91. The summed E-state index contributed by atoms with van der Waals surface area (Å²) >= 11 is 7.99. The lowest BCUT2D eigenvalue weighted by Gasteiger charge is -2.12. The average molecular weight is 642 g/mol. The van der Waals surface area contributed by atoms with Crippen molar-refractivity contribution in [1.82, 2.24) is 0 Å². The number of rotatable bonds is 5. The fourth-order valence-corrected chi connectivity index (χ4v) is 4.90. The third-order valence-electron chi connectivity index (χ3n) is 3.83. The first-order valence-electron chi connectivity index (χ1n) is 8.10.